The summed E-state index contributed by atoms with van der Waals surface area (Å²) in [6.07, 6.45) is 0.666. The van der Waals surface area contributed by atoms with E-state index < -0.39 is 5.69 Å². The molecule has 1 N–H and O–H groups in total. The lowest BCUT2D eigenvalue weighted by molar-refractivity contribution is 0.615. The first kappa shape index (κ1) is 14.1. The minimum atomic E-state index is -0.448. The van der Waals surface area contributed by atoms with Gasteiger partial charge in [-0.3, -0.25) is 14.3 Å². The summed E-state index contributed by atoms with van der Waals surface area (Å²) >= 11 is 7.55. The lowest BCUT2D eigenvalue weighted by Crippen LogP contribution is -2.38. The molecule has 0 unspecified atom stereocenters. The molecule has 2 rings (SSSR count). The fraction of sp³-hybridized carbons (Fsp3) is 0.385. The van der Waals surface area contributed by atoms with E-state index >= 15 is 0 Å². The summed E-state index contributed by atoms with van der Waals surface area (Å²) in [4.78, 5) is 27.8. The van der Waals surface area contributed by atoms with Gasteiger partial charge in [-0.2, -0.15) is 0 Å². The molecular weight excluding hydrogens is 284 g/mol. The number of aryl methyl sites for hydroxylation is 1. The third-order valence-electron chi connectivity index (χ3n) is 2.91. The highest BCUT2D eigenvalue weighted by Gasteiger charge is 2.15. The molecule has 0 radical (unpaired) electrons. The van der Waals surface area contributed by atoms with Crippen LogP contribution in [-0.4, -0.2) is 9.55 Å². The zero-order valence-electron chi connectivity index (χ0n) is 10.8. The van der Waals surface area contributed by atoms with E-state index in [4.69, 9.17) is 11.6 Å². The highest BCUT2D eigenvalue weighted by molar-refractivity contribution is 7.09. The molecule has 0 aliphatic heterocycles. The minimum Gasteiger partial charge on any atom is -0.297 e. The van der Waals surface area contributed by atoms with Crippen molar-refractivity contribution >= 4 is 22.9 Å². The Hall–Kier alpha value is -1.33. The lowest BCUT2D eigenvalue weighted by atomic mass is 10.1. The van der Waals surface area contributed by atoms with Crippen LogP contribution in [0.5, 0.6) is 0 Å². The molecule has 2 heterocycles. The topological polar surface area (TPSA) is 54.9 Å². The first-order valence-corrected chi connectivity index (χ1v) is 7.31. The summed E-state index contributed by atoms with van der Waals surface area (Å²) in [5, 5.41) is 2.13. The normalized spacial score (nSPS) is 11.2. The van der Waals surface area contributed by atoms with Crippen molar-refractivity contribution in [2.24, 2.45) is 0 Å². The Morgan fingerprint density at radius 2 is 2.16 bits per heavy atom. The quantitative estimate of drug-likeness (QED) is 0.882. The molecule has 0 bridgehead atoms. The molecule has 2 aromatic heterocycles. The van der Waals surface area contributed by atoms with Crippen LogP contribution in [0.1, 0.15) is 30.2 Å². The number of rotatable bonds is 4. The van der Waals surface area contributed by atoms with E-state index in [1.807, 2.05) is 31.4 Å². The summed E-state index contributed by atoms with van der Waals surface area (Å²) in [5.74, 6) is -0.0233. The molecule has 4 nitrogen and oxygen atoms in total. The average molecular weight is 299 g/mol. The van der Waals surface area contributed by atoms with Gasteiger partial charge in [0.1, 0.15) is 5.15 Å². The van der Waals surface area contributed by atoms with Crippen molar-refractivity contribution in [1.82, 2.24) is 9.55 Å². The Balaban J connectivity index is 2.37. The number of nitrogens with one attached hydrogen (secondary N) is 1. The van der Waals surface area contributed by atoms with Crippen LogP contribution in [0.25, 0.3) is 0 Å². The third-order valence-corrected chi connectivity index (χ3v) is 4.15. The van der Waals surface area contributed by atoms with E-state index in [1.165, 1.54) is 4.57 Å². The molecule has 0 saturated heterocycles. The predicted molar refractivity (Wildman–Crippen MR) is 78.4 cm³/mol. The average Bonchev–Trinajstić information content (AvgIpc) is 2.80. The van der Waals surface area contributed by atoms with Crippen molar-refractivity contribution in [3.8, 4) is 0 Å². The van der Waals surface area contributed by atoms with Gasteiger partial charge in [-0.25, -0.2) is 4.79 Å². The van der Waals surface area contributed by atoms with Crippen LogP contribution in [0, 0.1) is 0 Å². The number of aromatic nitrogens is 2. The number of aromatic amines is 1. The molecule has 0 aliphatic rings. The van der Waals surface area contributed by atoms with E-state index in [0.29, 0.717) is 18.5 Å². The second-order valence-corrected chi connectivity index (χ2v) is 6.01. The largest absolute Gasteiger partial charge is 0.329 e. The van der Waals surface area contributed by atoms with Gasteiger partial charge in [0.25, 0.3) is 5.56 Å². The predicted octanol–water partition coefficient (Wildman–Crippen LogP) is 2.62. The van der Waals surface area contributed by atoms with Crippen molar-refractivity contribution in [2.45, 2.75) is 32.7 Å². The summed E-state index contributed by atoms with van der Waals surface area (Å²) in [6, 6.07) is 3.94. The highest BCUT2D eigenvalue weighted by Crippen LogP contribution is 2.16. The van der Waals surface area contributed by atoms with Crippen molar-refractivity contribution in [1.29, 1.82) is 0 Å². The van der Waals surface area contributed by atoms with Gasteiger partial charge in [-0.1, -0.05) is 31.5 Å². The molecule has 0 aromatic carbocycles. The third kappa shape index (κ3) is 2.98. The molecule has 0 atom stereocenters. The van der Waals surface area contributed by atoms with Gasteiger partial charge in [0.05, 0.1) is 5.56 Å². The van der Waals surface area contributed by atoms with Gasteiger partial charge in [-0.05, 0) is 23.8 Å². The molecule has 0 amide bonds. The van der Waals surface area contributed by atoms with E-state index in [-0.39, 0.29) is 16.6 Å². The van der Waals surface area contributed by atoms with Crippen molar-refractivity contribution in [3.05, 3.63) is 53.9 Å². The lowest BCUT2D eigenvalue weighted by Gasteiger charge is -2.10. The maximum Gasteiger partial charge on any atom is 0.329 e. The second kappa shape index (κ2) is 5.75. The summed E-state index contributed by atoms with van der Waals surface area (Å²) in [7, 11) is 0. The Bertz CT molecular complexity index is 671. The zero-order valence-corrected chi connectivity index (χ0v) is 12.3. The molecule has 102 valence electrons. The SMILES string of the molecule is CC(C)c1c(Cl)[nH]c(=O)n(CCc2cccs2)c1=O. The molecule has 19 heavy (non-hydrogen) atoms. The van der Waals surface area contributed by atoms with Crippen LogP contribution >= 0.6 is 22.9 Å². The fourth-order valence-corrected chi connectivity index (χ4v) is 3.02. The van der Waals surface area contributed by atoms with Crippen molar-refractivity contribution in [3.63, 3.8) is 0 Å². The maximum absolute atomic E-state index is 12.3. The Morgan fingerprint density at radius 1 is 1.42 bits per heavy atom. The summed E-state index contributed by atoms with van der Waals surface area (Å²) in [6.45, 7) is 4.13. The monoisotopic (exact) mass is 298 g/mol. The van der Waals surface area contributed by atoms with Crippen molar-refractivity contribution < 1.29 is 0 Å². The van der Waals surface area contributed by atoms with E-state index in [9.17, 15) is 9.59 Å². The van der Waals surface area contributed by atoms with E-state index in [1.54, 1.807) is 11.3 Å². The number of halogens is 1. The van der Waals surface area contributed by atoms with Crippen LogP contribution < -0.4 is 11.2 Å². The summed E-state index contributed by atoms with van der Waals surface area (Å²) < 4.78 is 1.22. The van der Waals surface area contributed by atoms with Crippen LogP contribution in [0.15, 0.2) is 27.1 Å². The number of hydrogen-bond acceptors (Lipinski definition) is 3. The second-order valence-electron chi connectivity index (χ2n) is 4.60. The van der Waals surface area contributed by atoms with Crippen molar-refractivity contribution in [2.75, 3.05) is 0 Å². The number of nitrogens with zero attached hydrogens (tertiary/aromatic N) is 1. The van der Waals surface area contributed by atoms with Crippen LogP contribution in [-0.2, 0) is 13.0 Å². The molecule has 0 fully saturated rings. The Kier molecular flexibility index (Phi) is 4.27. The zero-order chi connectivity index (χ0) is 14.0. The Morgan fingerprint density at radius 3 is 2.74 bits per heavy atom. The van der Waals surface area contributed by atoms with Gasteiger partial charge >= 0.3 is 5.69 Å². The molecule has 6 heteroatoms. The number of thiophene rings is 1. The molecular formula is C13H15ClN2O2S. The first-order chi connectivity index (χ1) is 9.00. The number of hydrogen-bond donors (Lipinski definition) is 1. The van der Waals surface area contributed by atoms with Gasteiger partial charge in [0.2, 0.25) is 0 Å². The Labute approximate surface area is 119 Å². The molecule has 0 spiro atoms. The smallest absolute Gasteiger partial charge is 0.297 e. The maximum atomic E-state index is 12.3. The molecule has 0 aliphatic carbocycles. The number of H-pyrrole nitrogens is 1. The van der Waals surface area contributed by atoms with Crippen LogP contribution in [0.2, 0.25) is 5.15 Å². The van der Waals surface area contributed by atoms with Gasteiger partial charge in [-0.15, -0.1) is 11.3 Å². The fourth-order valence-electron chi connectivity index (χ4n) is 1.94. The van der Waals surface area contributed by atoms with Crippen LogP contribution in [0.3, 0.4) is 0 Å². The molecule has 0 saturated carbocycles. The van der Waals surface area contributed by atoms with Gasteiger partial charge in [0.15, 0.2) is 0 Å². The van der Waals surface area contributed by atoms with Gasteiger partial charge < -0.3 is 0 Å². The van der Waals surface area contributed by atoms with E-state index in [2.05, 4.69) is 4.98 Å². The standard InChI is InChI=1S/C13H15ClN2O2S/c1-8(2)10-11(14)15-13(18)16(12(10)17)6-5-9-4-3-7-19-9/h3-4,7-8H,5-6H2,1-2H3,(H,15,18). The highest BCUT2D eigenvalue weighted by atomic mass is 35.5. The van der Waals surface area contributed by atoms with E-state index in [0.717, 1.165) is 4.88 Å². The van der Waals surface area contributed by atoms with Crippen LogP contribution in [0.4, 0.5) is 0 Å². The van der Waals surface area contributed by atoms with Gasteiger partial charge in [0, 0.05) is 11.4 Å². The summed E-state index contributed by atoms with van der Waals surface area (Å²) in [5.41, 5.74) is -0.274. The molecule has 2 aromatic rings. The first-order valence-electron chi connectivity index (χ1n) is 6.05. The minimum absolute atomic E-state index is 0.0233.